The molecule has 0 aliphatic heterocycles. The van der Waals surface area contributed by atoms with Crippen molar-refractivity contribution in [1.29, 1.82) is 0 Å². The van der Waals surface area contributed by atoms with Gasteiger partial charge in [0.15, 0.2) is 10.8 Å². The van der Waals surface area contributed by atoms with Gasteiger partial charge in [0.25, 0.3) is 0 Å². The van der Waals surface area contributed by atoms with Crippen LogP contribution in [0.15, 0.2) is 27.8 Å². The Labute approximate surface area is 118 Å². The Hall–Kier alpha value is -1.21. The van der Waals surface area contributed by atoms with Crippen LogP contribution in [-0.4, -0.2) is 28.7 Å². The number of hydrogen-bond donors (Lipinski definition) is 1. The quantitative estimate of drug-likeness (QED) is 0.294. The van der Waals surface area contributed by atoms with Crippen molar-refractivity contribution < 1.29 is 9.53 Å². The Balaban J connectivity index is 3.00. The van der Waals surface area contributed by atoms with Crippen LogP contribution in [0.4, 0.5) is 0 Å². The molecule has 0 unspecified atom stereocenters. The summed E-state index contributed by atoms with van der Waals surface area (Å²) in [4.78, 5) is 19.9. The highest BCUT2D eigenvalue weighted by Crippen LogP contribution is 2.13. The van der Waals surface area contributed by atoms with Gasteiger partial charge in [-0.2, -0.15) is 0 Å². The third-order valence-electron chi connectivity index (χ3n) is 2.05. The molecular formula is C11H14BrN3O2S. The molecule has 1 aromatic rings. The lowest BCUT2D eigenvalue weighted by Gasteiger charge is -2.05. The number of aliphatic imine (C=N–C) groups is 1. The summed E-state index contributed by atoms with van der Waals surface area (Å²) in [5.74, 6) is -0.0919. The van der Waals surface area contributed by atoms with Gasteiger partial charge in [0, 0.05) is 16.9 Å². The number of allylic oxidation sites excluding steroid dienone is 1. The largest absolute Gasteiger partial charge is 0.463 e. The molecule has 0 amide bonds. The summed E-state index contributed by atoms with van der Waals surface area (Å²) in [6.45, 7) is 3.75. The first-order chi connectivity index (χ1) is 8.60. The standard InChI is InChI=1S/C11H14BrN3O2S/c1-3-17-11(16)7(2)8(6-12)15-9(13)10-14-4-5-18-10/h4-5H,3,6H2,1-2H3,(H2,13,15)/b8-7+. The van der Waals surface area contributed by atoms with Crippen LogP contribution >= 0.6 is 27.3 Å². The molecule has 18 heavy (non-hydrogen) atoms. The first-order valence-electron chi connectivity index (χ1n) is 5.27. The fraction of sp³-hybridized carbons (Fsp3) is 0.364. The monoisotopic (exact) mass is 331 g/mol. The first kappa shape index (κ1) is 14.8. The molecule has 0 saturated heterocycles. The van der Waals surface area contributed by atoms with Gasteiger partial charge >= 0.3 is 5.97 Å². The van der Waals surface area contributed by atoms with Crippen LogP contribution in [0, 0.1) is 0 Å². The van der Waals surface area contributed by atoms with Gasteiger partial charge in [-0.1, -0.05) is 15.9 Å². The molecule has 2 N–H and O–H groups in total. The molecule has 5 nitrogen and oxygen atoms in total. The molecule has 0 aliphatic carbocycles. The highest BCUT2D eigenvalue weighted by Gasteiger charge is 2.12. The van der Waals surface area contributed by atoms with Gasteiger partial charge in [-0.25, -0.2) is 14.8 Å². The third kappa shape index (κ3) is 3.92. The van der Waals surface area contributed by atoms with E-state index in [4.69, 9.17) is 10.5 Å². The van der Waals surface area contributed by atoms with Crippen LogP contribution in [0.5, 0.6) is 0 Å². The van der Waals surface area contributed by atoms with Crippen LogP contribution in [0.25, 0.3) is 0 Å². The van der Waals surface area contributed by atoms with Gasteiger partial charge in [0.05, 0.1) is 17.9 Å². The van der Waals surface area contributed by atoms with E-state index < -0.39 is 0 Å². The SMILES string of the molecule is CCOC(=O)/C(C)=C(\CBr)N=C(N)c1nccs1. The minimum absolute atomic E-state index is 0.295. The van der Waals surface area contributed by atoms with E-state index >= 15 is 0 Å². The number of esters is 1. The molecule has 0 spiro atoms. The molecular weight excluding hydrogens is 318 g/mol. The van der Waals surface area contributed by atoms with Crippen LogP contribution in [0.3, 0.4) is 0 Å². The summed E-state index contributed by atoms with van der Waals surface area (Å²) in [6, 6.07) is 0. The Bertz CT molecular complexity index is 469. The molecule has 0 fully saturated rings. The molecule has 0 radical (unpaired) electrons. The number of alkyl halides is 1. The second-order valence-corrected chi connectivity index (χ2v) is 4.72. The van der Waals surface area contributed by atoms with Crippen molar-refractivity contribution in [2.45, 2.75) is 13.8 Å². The number of thiazole rings is 1. The second-order valence-electron chi connectivity index (χ2n) is 3.26. The number of carbonyl (C=O) groups is 1. The van der Waals surface area contributed by atoms with E-state index in [1.54, 1.807) is 20.0 Å². The zero-order valence-electron chi connectivity index (χ0n) is 10.1. The average molecular weight is 332 g/mol. The zero-order valence-corrected chi connectivity index (χ0v) is 12.5. The summed E-state index contributed by atoms with van der Waals surface area (Å²) in [6.07, 6.45) is 1.65. The van der Waals surface area contributed by atoms with Gasteiger partial charge in [-0.05, 0) is 13.8 Å². The zero-order chi connectivity index (χ0) is 13.5. The lowest BCUT2D eigenvalue weighted by atomic mass is 10.2. The van der Waals surface area contributed by atoms with Crippen LogP contribution < -0.4 is 5.73 Å². The summed E-state index contributed by atoms with van der Waals surface area (Å²) in [5, 5.41) is 2.86. The molecule has 1 rings (SSSR count). The Morgan fingerprint density at radius 2 is 2.39 bits per heavy atom. The minimum Gasteiger partial charge on any atom is -0.463 e. The van der Waals surface area contributed by atoms with E-state index in [0.29, 0.717) is 34.1 Å². The van der Waals surface area contributed by atoms with Gasteiger partial charge in [-0.15, -0.1) is 11.3 Å². The van der Waals surface area contributed by atoms with Crippen molar-refractivity contribution in [2.75, 3.05) is 11.9 Å². The highest BCUT2D eigenvalue weighted by molar-refractivity contribution is 9.09. The molecule has 0 aliphatic rings. The molecule has 1 aromatic heterocycles. The number of carbonyl (C=O) groups excluding carboxylic acids is 1. The van der Waals surface area contributed by atoms with Crippen molar-refractivity contribution in [3.63, 3.8) is 0 Å². The van der Waals surface area contributed by atoms with Crippen molar-refractivity contribution >= 4 is 39.1 Å². The molecule has 1 heterocycles. The van der Waals surface area contributed by atoms with Crippen LogP contribution in [0.1, 0.15) is 18.9 Å². The van der Waals surface area contributed by atoms with Gasteiger partial charge in [0.2, 0.25) is 0 Å². The number of amidine groups is 1. The molecule has 7 heteroatoms. The average Bonchev–Trinajstić information content (AvgIpc) is 2.89. The number of aromatic nitrogens is 1. The first-order valence-corrected chi connectivity index (χ1v) is 7.27. The topological polar surface area (TPSA) is 77.6 Å². The van der Waals surface area contributed by atoms with E-state index in [9.17, 15) is 4.79 Å². The summed E-state index contributed by atoms with van der Waals surface area (Å²) in [7, 11) is 0. The predicted octanol–water partition coefficient (Wildman–Crippen LogP) is 2.08. The number of hydrogen-bond acceptors (Lipinski definition) is 5. The van der Waals surface area contributed by atoms with Gasteiger partial charge in [-0.3, -0.25) is 0 Å². The minimum atomic E-state index is -0.386. The van der Waals surface area contributed by atoms with Crippen molar-refractivity contribution in [2.24, 2.45) is 10.7 Å². The predicted molar refractivity (Wildman–Crippen MR) is 76.0 cm³/mol. The van der Waals surface area contributed by atoms with Crippen molar-refractivity contribution in [3.8, 4) is 0 Å². The van der Waals surface area contributed by atoms with Crippen molar-refractivity contribution in [3.05, 3.63) is 27.9 Å². The van der Waals surface area contributed by atoms with E-state index in [-0.39, 0.29) is 5.97 Å². The van der Waals surface area contributed by atoms with Crippen LogP contribution in [0.2, 0.25) is 0 Å². The summed E-state index contributed by atoms with van der Waals surface area (Å²) in [5.41, 5.74) is 6.80. The molecule has 0 atom stereocenters. The van der Waals surface area contributed by atoms with Crippen molar-refractivity contribution in [1.82, 2.24) is 4.98 Å². The smallest absolute Gasteiger partial charge is 0.335 e. The van der Waals surface area contributed by atoms with E-state index in [2.05, 4.69) is 25.9 Å². The number of halogens is 1. The van der Waals surface area contributed by atoms with E-state index in [1.807, 2.05) is 5.38 Å². The molecule has 0 bridgehead atoms. The Morgan fingerprint density at radius 3 is 2.89 bits per heavy atom. The fourth-order valence-corrected chi connectivity index (χ4v) is 2.20. The second kappa shape index (κ2) is 7.27. The highest BCUT2D eigenvalue weighted by atomic mass is 79.9. The maximum atomic E-state index is 11.6. The van der Waals surface area contributed by atoms with E-state index in [1.165, 1.54) is 11.3 Å². The van der Waals surface area contributed by atoms with E-state index in [0.717, 1.165) is 0 Å². The summed E-state index contributed by atoms with van der Waals surface area (Å²) >= 11 is 4.68. The Morgan fingerprint density at radius 1 is 1.67 bits per heavy atom. The number of ether oxygens (including phenoxy) is 1. The normalized spacial score (nSPS) is 13.2. The third-order valence-corrected chi connectivity index (χ3v) is 3.37. The summed E-state index contributed by atoms with van der Waals surface area (Å²) < 4.78 is 4.92. The number of nitrogens with zero attached hydrogens (tertiary/aromatic N) is 2. The van der Waals surface area contributed by atoms with Gasteiger partial charge in [0.1, 0.15) is 0 Å². The fourth-order valence-electron chi connectivity index (χ4n) is 1.11. The lowest BCUT2D eigenvalue weighted by Crippen LogP contribution is -2.15. The maximum Gasteiger partial charge on any atom is 0.335 e. The van der Waals surface area contributed by atoms with Gasteiger partial charge < -0.3 is 10.5 Å². The molecule has 0 aromatic carbocycles. The number of rotatable bonds is 5. The van der Waals surface area contributed by atoms with Crippen LogP contribution in [-0.2, 0) is 9.53 Å². The Kier molecular flexibility index (Phi) is 6.00. The molecule has 0 saturated carbocycles. The number of nitrogens with two attached hydrogens (primary N) is 1. The maximum absolute atomic E-state index is 11.6. The lowest BCUT2D eigenvalue weighted by molar-refractivity contribution is -0.138. The molecule has 98 valence electrons.